The summed E-state index contributed by atoms with van der Waals surface area (Å²) in [5, 5.41) is 13.5. The molecule has 0 bridgehead atoms. The Kier molecular flexibility index (Phi) is 5.37. The van der Waals surface area contributed by atoms with E-state index >= 15 is 0 Å². The van der Waals surface area contributed by atoms with Gasteiger partial charge in [-0.25, -0.2) is 4.90 Å². The summed E-state index contributed by atoms with van der Waals surface area (Å²) < 4.78 is 0. The van der Waals surface area contributed by atoms with Crippen LogP contribution in [0.4, 0.5) is 17.1 Å². The van der Waals surface area contributed by atoms with Crippen LogP contribution in [0.3, 0.4) is 0 Å². The van der Waals surface area contributed by atoms with Gasteiger partial charge < -0.3 is 4.90 Å². The number of hydrogen-bond donors (Lipinski definition) is 0. The second-order valence-corrected chi connectivity index (χ2v) is 10.5. The van der Waals surface area contributed by atoms with Gasteiger partial charge in [0, 0.05) is 28.9 Å². The number of nitro benzene ring substituents is 1. The summed E-state index contributed by atoms with van der Waals surface area (Å²) in [5.41, 5.74) is 1.77. The zero-order chi connectivity index (χ0) is 27.7. The molecule has 0 unspecified atom stereocenters. The van der Waals surface area contributed by atoms with Gasteiger partial charge >= 0.3 is 0 Å². The van der Waals surface area contributed by atoms with E-state index in [9.17, 15) is 24.5 Å². The van der Waals surface area contributed by atoms with Crippen molar-refractivity contribution in [1.29, 1.82) is 0 Å². The zero-order valence-electron chi connectivity index (χ0n) is 20.8. The lowest BCUT2D eigenvalue weighted by Gasteiger charge is -2.37. The predicted molar refractivity (Wildman–Crippen MR) is 151 cm³/mol. The van der Waals surface area contributed by atoms with Gasteiger partial charge in [-0.2, -0.15) is 0 Å². The van der Waals surface area contributed by atoms with Gasteiger partial charge in [-0.1, -0.05) is 84.4 Å². The number of rotatable bonds is 4. The molecule has 196 valence electrons. The molecule has 2 amide bonds. The highest BCUT2D eigenvalue weighted by Crippen LogP contribution is 2.51. The maximum absolute atomic E-state index is 14.2. The van der Waals surface area contributed by atoms with Crippen molar-refractivity contribution in [2.75, 3.05) is 9.80 Å². The van der Waals surface area contributed by atoms with Crippen LogP contribution in [-0.2, 0) is 9.59 Å². The standard InChI is InChI=1S/C31H20ClN3O5/c32-22-13-11-19(35(39)40)16-25(22)34-30(37)26-24-15-12-21-20-9-5-4-6-17(20)10-14-23(21)33(24)28(27(26)31(34)38)29(36)18-7-2-1-3-8-18/h1-16,24,26-28H/t24-,26-,27+,28-/m1/s1. The molecule has 4 aromatic rings. The molecule has 0 aromatic heterocycles. The molecule has 4 atom stereocenters. The number of fused-ring (bicyclic) bond motifs is 7. The molecule has 40 heavy (non-hydrogen) atoms. The number of non-ortho nitro benzene ring substituents is 1. The first-order chi connectivity index (χ1) is 19.4. The van der Waals surface area contributed by atoms with E-state index in [0.717, 1.165) is 33.0 Å². The minimum Gasteiger partial charge on any atom is -0.352 e. The van der Waals surface area contributed by atoms with Crippen LogP contribution in [0.1, 0.15) is 15.9 Å². The number of carbonyl (C=O) groups is 3. The van der Waals surface area contributed by atoms with Gasteiger partial charge in [-0.3, -0.25) is 24.5 Å². The lowest BCUT2D eigenvalue weighted by molar-refractivity contribution is -0.384. The Morgan fingerprint density at radius 3 is 2.35 bits per heavy atom. The average molecular weight is 550 g/mol. The number of imide groups is 1. The van der Waals surface area contributed by atoms with Gasteiger partial charge in [0.1, 0.15) is 6.04 Å². The van der Waals surface area contributed by atoms with Crippen molar-refractivity contribution in [3.63, 3.8) is 0 Å². The number of ketones is 1. The summed E-state index contributed by atoms with van der Waals surface area (Å²) in [6.45, 7) is 0. The smallest absolute Gasteiger partial charge is 0.271 e. The molecule has 3 aliphatic heterocycles. The van der Waals surface area contributed by atoms with Gasteiger partial charge in [0.2, 0.25) is 11.8 Å². The Hall–Kier alpha value is -4.82. The number of Topliss-reactive ketones (excluding diaryl/α,β-unsaturated/α-hetero) is 1. The SMILES string of the molecule is O=C(c1ccccc1)[C@H]1[C@H]2C(=O)N(c3cc([N+](=O)[O-])ccc3Cl)C(=O)[C@@H]2[C@H]2C=Cc3c(ccc4ccccc34)N21. The monoisotopic (exact) mass is 549 g/mol. The van der Waals surface area contributed by atoms with Crippen LogP contribution in [0, 0.1) is 22.0 Å². The Labute approximate surface area is 233 Å². The number of carbonyl (C=O) groups excluding carboxylic acids is 3. The summed E-state index contributed by atoms with van der Waals surface area (Å²) in [6.07, 6.45) is 3.83. The summed E-state index contributed by atoms with van der Waals surface area (Å²) >= 11 is 6.36. The number of hydrogen-bond acceptors (Lipinski definition) is 6. The van der Waals surface area contributed by atoms with E-state index in [2.05, 4.69) is 0 Å². The number of halogens is 1. The molecule has 4 aromatic carbocycles. The molecule has 0 aliphatic carbocycles. The molecule has 0 spiro atoms. The maximum Gasteiger partial charge on any atom is 0.271 e. The molecule has 3 heterocycles. The third-order valence-corrected chi connectivity index (χ3v) is 8.44. The van der Waals surface area contributed by atoms with Crippen molar-refractivity contribution in [3.8, 4) is 0 Å². The molecule has 0 saturated carbocycles. The Bertz CT molecular complexity index is 1800. The average Bonchev–Trinajstić information content (AvgIpc) is 3.45. The molecule has 2 fully saturated rings. The molecule has 8 nitrogen and oxygen atoms in total. The number of nitro groups is 1. The quantitative estimate of drug-likeness (QED) is 0.141. The highest BCUT2D eigenvalue weighted by atomic mass is 35.5. The third-order valence-electron chi connectivity index (χ3n) is 8.12. The highest BCUT2D eigenvalue weighted by Gasteiger charge is 2.64. The summed E-state index contributed by atoms with van der Waals surface area (Å²) in [7, 11) is 0. The minimum atomic E-state index is -1.01. The van der Waals surface area contributed by atoms with Crippen LogP contribution in [0.2, 0.25) is 5.02 Å². The fourth-order valence-electron chi connectivity index (χ4n) is 6.42. The third kappa shape index (κ3) is 3.36. The van der Waals surface area contributed by atoms with Gasteiger partial charge in [0.05, 0.1) is 33.5 Å². The van der Waals surface area contributed by atoms with Crippen LogP contribution in [-0.4, -0.2) is 34.6 Å². The summed E-state index contributed by atoms with van der Waals surface area (Å²) in [5.74, 6) is -3.30. The van der Waals surface area contributed by atoms with Crippen molar-refractivity contribution in [3.05, 3.63) is 117 Å². The van der Waals surface area contributed by atoms with Crippen molar-refractivity contribution in [2.24, 2.45) is 11.8 Å². The van der Waals surface area contributed by atoms with Crippen molar-refractivity contribution in [2.45, 2.75) is 12.1 Å². The summed E-state index contributed by atoms with van der Waals surface area (Å²) in [4.78, 5) is 56.0. The van der Waals surface area contributed by atoms with Crippen LogP contribution in [0.25, 0.3) is 16.8 Å². The zero-order valence-corrected chi connectivity index (χ0v) is 21.6. The van der Waals surface area contributed by atoms with Crippen LogP contribution in [0.15, 0.2) is 91.0 Å². The van der Waals surface area contributed by atoms with Gasteiger partial charge in [0.25, 0.3) is 5.69 Å². The first-order valence-electron chi connectivity index (χ1n) is 12.8. The van der Waals surface area contributed by atoms with E-state index < -0.39 is 40.7 Å². The maximum atomic E-state index is 14.2. The predicted octanol–water partition coefficient (Wildman–Crippen LogP) is 5.67. The molecule has 9 heteroatoms. The topological polar surface area (TPSA) is 101 Å². The Morgan fingerprint density at radius 2 is 1.57 bits per heavy atom. The fourth-order valence-corrected chi connectivity index (χ4v) is 6.63. The normalized spacial score (nSPS) is 22.8. The van der Waals surface area contributed by atoms with E-state index in [0.29, 0.717) is 5.56 Å². The van der Waals surface area contributed by atoms with Gasteiger partial charge in [-0.15, -0.1) is 0 Å². The Morgan fingerprint density at radius 1 is 0.850 bits per heavy atom. The second kappa shape index (κ2) is 8.86. The first-order valence-corrected chi connectivity index (χ1v) is 13.1. The van der Waals surface area contributed by atoms with Crippen molar-refractivity contribution in [1.82, 2.24) is 0 Å². The van der Waals surface area contributed by atoms with Crippen molar-refractivity contribution >= 4 is 63.1 Å². The molecule has 3 aliphatic rings. The molecular weight excluding hydrogens is 530 g/mol. The van der Waals surface area contributed by atoms with Crippen LogP contribution < -0.4 is 9.80 Å². The fraction of sp³-hybridized carbons (Fsp3) is 0.129. The van der Waals surface area contributed by atoms with Crippen LogP contribution >= 0.6 is 11.6 Å². The van der Waals surface area contributed by atoms with E-state index in [1.807, 2.05) is 53.5 Å². The van der Waals surface area contributed by atoms with Gasteiger partial charge in [-0.05, 0) is 22.9 Å². The number of anilines is 2. The molecule has 0 radical (unpaired) electrons. The van der Waals surface area contributed by atoms with E-state index in [-0.39, 0.29) is 22.2 Å². The molecule has 2 saturated heterocycles. The Balaban J connectivity index is 1.40. The summed E-state index contributed by atoms with van der Waals surface area (Å²) in [6, 6.07) is 22.6. The van der Waals surface area contributed by atoms with Crippen LogP contribution in [0.5, 0.6) is 0 Å². The number of benzene rings is 4. The molecular formula is C31H20ClN3O5. The first kappa shape index (κ1) is 24.2. The number of nitrogens with zero attached hydrogens (tertiary/aromatic N) is 3. The van der Waals surface area contributed by atoms with E-state index in [4.69, 9.17) is 11.6 Å². The van der Waals surface area contributed by atoms with E-state index in [1.54, 1.807) is 30.3 Å². The lowest BCUT2D eigenvalue weighted by Crippen LogP contribution is -2.48. The van der Waals surface area contributed by atoms with Crippen molar-refractivity contribution < 1.29 is 19.3 Å². The second-order valence-electron chi connectivity index (χ2n) is 10.1. The number of amides is 2. The molecule has 0 N–H and O–H groups in total. The van der Waals surface area contributed by atoms with Gasteiger partial charge in [0.15, 0.2) is 5.78 Å². The highest BCUT2D eigenvalue weighted by molar-refractivity contribution is 6.36. The lowest BCUT2D eigenvalue weighted by atomic mass is 9.86. The largest absolute Gasteiger partial charge is 0.352 e. The minimum absolute atomic E-state index is 0.0334. The van der Waals surface area contributed by atoms with E-state index in [1.165, 1.54) is 12.1 Å². The molecule has 7 rings (SSSR count).